The number of carbonyl (C=O) groups excluding carboxylic acids is 1. The number of fused-ring (bicyclic) bond motifs is 4. The molecule has 2 heterocycles. The van der Waals surface area contributed by atoms with Crippen LogP contribution in [0.4, 0.5) is 5.95 Å². The molecule has 212 valence electrons. The summed E-state index contributed by atoms with van der Waals surface area (Å²) in [5, 5.41) is 2.91. The molecule has 0 fully saturated rings. The second kappa shape index (κ2) is 11.0. The lowest BCUT2D eigenvalue weighted by atomic mass is 9.82. The zero-order chi connectivity index (χ0) is 29.4. The highest BCUT2D eigenvalue weighted by atomic mass is 32.2. The Bertz CT molecular complexity index is 1700. The first kappa shape index (κ1) is 28.3. The Balaban J connectivity index is 1.65. The molecule has 4 bridgehead atoms. The molecule has 0 saturated carbocycles. The smallest absolute Gasteiger partial charge is 0.264 e. The molecule has 1 aliphatic heterocycles. The normalized spacial score (nSPS) is 16.7. The van der Waals surface area contributed by atoms with Crippen LogP contribution in [0.2, 0.25) is 0 Å². The fourth-order valence-electron chi connectivity index (χ4n) is 4.87. The Kier molecular flexibility index (Phi) is 7.57. The van der Waals surface area contributed by atoms with Crippen molar-refractivity contribution in [2.45, 2.75) is 57.5 Å². The third-order valence-corrected chi connectivity index (χ3v) is 9.06. The van der Waals surface area contributed by atoms with Gasteiger partial charge in [-0.25, -0.2) is 18.1 Å². The van der Waals surface area contributed by atoms with Gasteiger partial charge in [-0.3, -0.25) is 4.79 Å². The number of benzene rings is 3. The van der Waals surface area contributed by atoms with Crippen molar-refractivity contribution in [1.82, 2.24) is 15.3 Å². The predicted octanol–water partition coefficient (Wildman–Crippen LogP) is 6.11. The van der Waals surface area contributed by atoms with E-state index < -0.39 is 22.0 Å². The van der Waals surface area contributed by atoms with E-state index in [-0.39, 0.29) is 34.2 Å². The van der Waals surface area contributed by atoms with Crippen molar-refractivity contribution in [2.24, 2.45) is 0 Å². The monoisotopic (exact) mass is 570 g/mol. The number of anilines is 1. The molecule has 3 aromatic carbocycles. The van der Waals surface area contributed by atoms with Crippen molar-refractivity contribution < 1.29 is 17.9 Å². The predicted molar refractivity (Wildman–Crippen MR) is 160 cm³/mol. The first-order valence-corrected chi connectivity index (χ1v) is 15.1. The summed E-state index contributed by atoms with van der Waals surface area (Å²) in [5.74, 6) is -0.353. The summed E-state index contributed by atoms with van der Waals surface area (Å²) >= 11 is 0. The summed E-state index contributed by atoms with van der Waals surface area (Å²) in [5.41, 5.74) is 5.62. The Morgan fingerprint density at radius 3 is 2.32 bits per heavy atom. The van der Waals surface area contributed by atoms with Crippen molar-refractivity contribution in [3.05, 3.63) is 101 Å². The van der Waals surface area contributed by atoms with Gasteiger partial charge in [0.25, 0.3) is 15.9 Å². The molecule has 0 radical (unpaired) electrons. The van der Waals surface area contributed by atoms with Gasteiger partial charge in [-0.05, 0) is 66.1 Å². The summed E-state index contributed by atoms with van der Waals surface area (Å²) in [6.07, 6.45) is 0.383. The average Bonchev–Trinajstić information content (AvgIpc) is 2.94. The van der Waals surface area contributed by atoms with Crippen molar-refractivity contribution in [2.75, 3.05) is 11.3 Å². The Morgan fingerprint density at radius 2 is 1.63 bits per heavy atom. The van der Waals surface area contributed by atoms with Crippen molar-refractivity contribution in [3.8, 4) is 17.1 Å². The highest BCUT2D eigenvalue weighted by Gasteiger charge is 2.24. The van der Waals surface area contributed by atoms with E-state index in [0.717, 1.165) is 28.7 Å². The number of rotatable bonds is 4. The standard InChI is InChI=1S/C32H34N4O4S/c1-6-32(4,5)24-15-13-22(14-16-24)27-19-33-30(37)23-11-8-12-25(17-23)41(38,39)36-31-34-26(18-28(35-31)40-27)29-20(2)9-7-10-21(29)3/h7-18,27H,6,19H2,1-5H3,(H,33,37)(H,34,35,36). The van der Waals surface area contributed by atoms with E-state index in [9.17, 15) is 13.2 Å². The van der Waals surface area contributed by atoms with E-state index in [4.69, 9.17) is 4.74 Å². The lowest BCUT2D eigenvalue weighted by Gasteiger charge is -2.25. The first-order valence-electron chi connectivity index (χ1n) is 13.6. The molecule has 2 N–H and O–H groups in total. The fraction of sp³-hybridized carbons (Fsp3) is 0.281. The number of ether oxygens (including phenoxy) is 1. The molecule has 1 aliphatic rings. The molecular formula is C32H34N4O4S. The molecule has 5 rings (SSSR count). The molecule has 1 atom stereocenters. The number of amides is 1. The van der Waals surface area contributed by atoms with E-state index >= 15 is 0 Å². The van der Waals surface area contributed by atoms with Gasteiger partial charge in [0.05, 0.1) is 17.1 Å². The minimum atomic E-state index is -4.10. The Morgan fingerprint density at radius 1 is 0.951 bits per heavy atom. The van der Waals surface area contributed by atoms with Gasteiger partial charge in [-0.1, -0.05) is 69.3 Å². The van der Waals surface area contributed by atoms with Crippen molar-refractivity contribution in [1.29, 1.82) is 0 Å². The van der Waals surface area contributed by atoms with Crippen LogP contribution in [0.5, 0.6) is 5.88 Å². The van der Waals surface area contributed by atoms with Gasteiger partial charge in [0.1, 0.15) is 6.10 Å². The van der Waals surface area contributed by atoms with E-state index in [0.29, 0.717) is 5.69 Å². The zero-order valence-electron chi connectivity index (χ0n) is 23.9. The minimum Gasteiger partial charge on any atom is -0.467 e. The highest BCUT2D eigenvalue weighted by molar-refractivity contribution is 7.92. The zero-order valence-corrected chi connectivity index (χ0v) is 24.7. The lowest BCUT2D eigenvalue weighted by molar-refractivity contribution is 0.0925. The van der Waals surface area contributed by atoms with Gasteiger partial charge in [0.15, 0.2) is 0 Å². The second-order valence-corrected chi connectivity index (χ2v) is 12.7. The van der Waals surface area contributed by atoms with Crippen LogP contribution in [0.3, 0.4) is 0 Å². The van der Waals surface area contributed by atoms with E-state index in [1.807, 2.05) is 44.2 Å². The molecule has 0 aliphatic carbocycles. The number of nitrogens with zero attached hydrogens (tertiary/aromatic N) is 2. The quantitative estimate of drug-likeness (QED) is 0.306. The van der Waals surface area contributed by atoms with Crippen molar-refractivity contribution >= 4 is 21.9 Å². The van der Waals surface area contributed by atoms with Crippen LogP contribution in [0, 0.1) is 13.8 Å². The molecule has 1 amide bonds. The number of hydrogen-bond donors (Lipinski definition) is 2. The van der Waals surface area contributed by atoms with Gasteiger partial charge in [-0.15, -0.1) is 0 Å². The Labute approximate surface area is 241 Å². The SMILES string of the molecule is CCC(C)(C)c1ccc(C2CNC(=O)c3cccc(c3)S(=O)(=O)Nc3nc(cc(-c4c(C)cccc4C)n3)O2)cc1. The maximum absolute atomic E-state index is 13.3. The molecule has 9 heteroatoms. The van der Waals surface area contributed by atoms with Crippen LogP contribution in [0.25, 0.3) is 11.3 Å². The molecule has 0 saturated heterocycles. The minimum absolute atomic E-state index is 0.0163. The van der Waals surface area contributed by atoms with Crippen molar-refractivity contribution in [3.63, 3.8) is 0 Å². The van der Waals surface area contributed by atoms with Gasteiger partial charge in [0, 0.05) is 17.2 Å². The Hall–Kier alpha value is -4.24. The van der Waals surface area contributed by atoms with Crippen LogP contribution in [0.15, 0.2) is 77.7 Å². The second-order valence-electron chi connectivity index (χ2n) is 11.0. The molecule has 1 unspecified atom stereocenters. The van der Waals surface area contributed by atoms with Crippen LogP contribution in [-0.2, 0) is 15.4 Å². The molecule has 1 aromatic heterocycles. The number of sulfonamides is 1. The van der Waals surface area contributed by atoms with E-state index in [1.165, 1.54) is 23.8 Å². The van der Waals surface area contributed by atoms with Crippen LogP contribution < -0.4 is 14.8 Å². The third-order valence-electron chi connectivity index (χ3n) is 7.73. The van der Waals surface area contributed by atoms with Crippen LogP contribution in [0.1, 0.15) is 65.9 Å². The largest absolute Gasteiger partial charge is 0.467 e. The highest BCUT2D eigenvalue weighted by Crippen LogP contribution is 2.32. The maximum Gasteiger partial charge on any atom is 0.264 e. The van der Waals surface area contributed by atoms with E-state index in [1.54, 1.807) is 12.1 Å². The molecule has 41 heavy (non-hydrogen) atoms. The number of aromatic nitrogens is 2. The lowest BCUT2D eigenvalue weighted by Crippen LogP contribution is -2.31. The molecule has 4 aromatic rings. The van der Waals surface area contributed by atoms with Crippen LogP contribution >= 0.6 is 0 Å². The first-order chi connectivity index (χ1) is 19.5. The summed E-state index contributed by atoms with van der Waals surface area (Å²) in [6, 6.07) is 21.6. The average molecular weight is 571 g/mol. The van der Waals surface area contributed by atoms with Gasteiger partial charge in [0.2, 0.25) is 11.8 Å². The summed E-state index contributed by atoms with van der Waals surface area (Å²) in [4.78, 5) is 22.0. The van der Waals surface area contributed by atoms with Crippen LogP contribution in [-0.4, -0.2) is 30.8 Å². The summed E-state index contributed by atoms with van der Waals surface area (Å²) in [7, 11) is -4.10. The fourth-order valence-corrected chi connectivity index (χ4v) is 5.86. The summed E-state index contributed by atoms with van der Waals surface area (Å²) < 4.78 is 35.6. The van der Waals surface area contributed by atoms with Gasteiger partial charge < -0.3 is 10.1 Å². The third kappa shape index (κ3) is 5.95. The summed E-state index contributed by atoms with van der Waals surface area (Å²) in [6.45, 7) is 10.6. The maximum atomic E-state index is 13.3. The number of aryl methyl sites for hydroxylation is 2. The van der Waals surface area contributed by atoms with Gasteiger partial charge >= 0.3 is 0 Å². The number of carbonyl (C=O) groups is 1. The van der Waals surface area contributed by atoms with Gasteiger partial charge in [-0.2, -0.15) is 4.98 Å². The van der Waals surface area contributed by atoms with E-state index in [2.05, 4.69) is 52.9 Å². The molecular weight excluding hydrogens is 536 g/mol. The number of hydrogen-bond acceptors (Lipinski definition) is 6. The topological polar surface area (TPSA) is 110 Å². The molecule has 0 spiro atoms. The number of nitrogens with one attached hydrogen (secondary N) is 2. The molecule has 8 nitrogen and oxygen atoms in total.